The molecule has 2 aromatic rings. The summed E-state index contributed by atoms with van der Waals surface area (Å²) in [6.07, 6.45) is 4.31. The average molecular weight is 455 g/mol. The van der Waals surface area contributed by atoms with E-state index in [0.29, 0.717) is 37.0 Å². The lowest BCUT2D eigenvalue weighted by molar-refractivity contribution is -0.144. The number of methoxy groups -OCH3 is 1. The molecule has 8 nitrogen and oxygen atoms in total. The second-order valence-electron chi connectivity index (χ2n) is 8.59. The Kier molecular flexibility index (Phi) is 6.74. The maximum atomic E-state index is 12.9. The number of likely N-dealkylation sites (N-methyl/N-ethyl adjacent to an activating group) is 1. The van der Waals surface area contributed by atoms with Gasteiger partial charge >= 0.3 is 5.97 Å². The van der Waals surface area contributed by atoms with E-state index >= 15 is 0 Å². The van der Waals surface area contributed by atoms with Crippen molar-refractivity contribution in [1.82, 2.24) is 9.80 Å². The lowest BCUT2D eigenvalue weighted by Gasteiger charge is -2.28. The van der Waals surface area contributed by atoms with Gasteiger partial charge in [0.1, 0.15) is 12.4 Å². The highest BCUT2D eigenvalue weighted by Gasteiger charge is 2.49. The van der Waals surface area contributed by atoms with Crippen LogP contribution >= 0.6 is 0 Å². The minimum atomic E-state index is -0.899. The van der Waals surface area contributed by atoms with Gasteiger partial charge in [-0.2, -0.15) is 0 Å². The maximum Gasteiger partial charge on any atom is 0.309 e. The van der Waals surface area contributed by atoms with Crippen molar-refractivity contribution >= 4 is 18.0 Å². The zero-order valence-electron chi connectivity index (χ0n) is 19.2. The van der Waals surface area contributed by atoms with E-state index in [2.05, 4.69) is 0 Å². The van der Waals surface area contributed by atoms with Crippen molar-refractivity contribution in [2.75, 3.05) is 40.4 Å². The molecular weight excluding hydrogens is 424 g/mol. The number of benzene rings is 1. The molecule has 1 N–H and O–H groups in total. The molecule has 3 atom stereocenters. The standard InChI is InChI=1S/C25H30N2O6/c1-4-10-26(2)22(28)14-27-13-19(17-12-21-20(33-15-17)9-11-32-21)23(25(29)30)24(27)16-5-7-18(31-3)8-6-16/h5-9,11-12,19,23-24H,4,10,13-15H2,1-3H3,(H,29,30)/t19-,23+,24-/m1/s1. The van der Waals surface area contributed by atoms with E-state index in [1.54, 1.807) is 31.4 Å². The Hall–Kier alpha value is -3.26. The fourth-order valence-electron chi connectivity index (χ4n) is 4.84. The van der Waals surface area contributed by atoms with Gasteiger partial charge in [-0.3, -0.25) is 14.5 Å². The molecule has 4 rings (SSSR count). The number of carbonyl (C=O) groups excluding carboxylic acids is 1. The number of likely N-dealkylation sites (tertiary alicyclic amines) is 1. The normalized spacial score (nSPS) is 22.3. The molecule has 0 spiro atoms. The molecule has 1 amide bonds. The van der Waals surface area contributed by atoms with Gasteiger partial charge in [0.25, 0.3) is 0 Å². The summed E-state index contributed by atoms with van der Waals surface area (Å²) in [6.45, 7) is 3.56. The van der Waals surface area contributed by atoms with E-state index in [-0.39, 0.29) is 18.4 Å². The van der Waals surface area contributed by atoms with Crippen molar-refractivity contribution in [3.63, 3.8) is 0 Å². The largest absolute Gasteiger partial charge is 0.497 e. The predicted molar refractivity (Wildman–Crippen MR) is 122 cm³/mol. The maximum absolute atomic E-state index is 12.9. The number of rotatable bonds is 8. The van der Waals surface area contributed by atoms with Crippen molar-refractivity contribution in [3.05, 3.63) is 53.5 Å². The van der Waals surface area contributed by atoms with Crippen molar-refractivity contribution in [2.24, 2.45) is 11.8 Å². The first kappa shape index (κ1) is 22.9. The van der Waals surface area contributed by atoms with Crippen molar-refractivity contribution < 1.29 is 28.6 Å². The van der Waals surface area contributed by atoms with E-state index in [1.807, 2.05) is 42.2 Å². The summed E-state index contributed by atoms with van der Waals surface area (Å²) in [4.78, 5) is 29.2. The van der Waals surface area contributed by atoms with E-state index in [9.17, 15) is 14.7 Å². The number of fused-ring (bicyclic) bond motifs is 1. The van der Waals surface area contributed by atoms with E-state index in [0.717, 1.165) is 17.6 Å². The number of amides is 1. The highest BCUT2D eigenvalue weighted by molar-refractivity contribution is 5.79. The first-order chi connectivity index (χ1) is 15.9. The number of hydrogen-bond acceptors (Lipinski definition) is 6. The number of aliphatic carboxylic acids is 1. The van der Waals surface area contributed by atoms with Gasteiger partial charge in [0.15, 0.2) is 11.5 Å². The minimum absolute atomic E-state index is 0.0256. The van der Waals surface area contributed by atoms with Crippen LogP contribution in [0.2, 0.25) is 0 Å². The van der Waals surface area contributed by atoms with Gasteiger partial charge in [-0.05, 0) is 35.8 Å². The summed E-state index contributed by atoms with van der Waals surface area (Å²) in [7, 11) is 3.38. The molecule has 3 heterocycles. The van der Waals surface area contributed by atoms with E-state index < -0.39 is 17.9 Å². The Morgan fingerprint density at radius 2 is 2.00 bits per heavy atom. The van der Waals surface area contributed by atoms with Crippen LogP contribution < -0.4 is 9.47 Å². The molecule has 2 aliphatic heterocycles. The Bertz CT molecular complexity index is 1030. The van der Waals surface area contributed by atoms with Crippen LogP contribution in [0, 0.1) is 11.8 Å². The molecule has 2 aliphatic rings. The van der Waals surface area contributed by atoms with Gasteiger partial charge in [-0.25, -0.2) is 0 Å². The van der Waals surface area contributed by atoms with Crippen LogP contribution in [0.3, 0.4) is 0 Å². The number of nitrogens with zero attached hydrogens (tertiary/aromatic N) is 2. The highest BCUT2D eigenvalue weighted by atomic mass is 16.5. The summed E-state index contributed by atoms with van der Waals surface area (Å²) in [5.41, 5.74) is 1.70. The van der Waals surface area contributed by atoms with Crippen LogP contribution in [0.5, 0.6) is 11.5 Å². The van der Waals surface area contributed by atoms with Crippen molar-refractivity contribution in [2.45, 2.75) is 19.4 Å². The van der Waals surface area contributed by atoms with E-state index in [4.69, 9.17) is 13.9 Å². The van der Waals surface area contributed by atoms with Gasteiger partial charge in [-0.1, -0.05) is 19.1 Å². The third-order valence-corrected chi connectivity index (χ3v) is 6.51. The minimum Gasteiger partial charge on any atom is -0.497 e. The number of carboxylic acid groups (broad SMARTS) is 1. The van der Waals surface area contributed by atoms with Gasteiger partial charge < -0.3 is 23.9 Å². The van der Waals surface area contributed by atoms with Crippen LogP contribution in [0.1, 0.15) is 30.7 Å². The number of carbonyl (C=O) groups is 2. The lowest BCUT2D eigenvalue weighted by Crippen LogP contribution is -2.39. The Labute approximate surface area is 193 Å². The van der Waals surface area contributed by atoms with Crippen molar-refractivity contribution in [3.8, 4) is 11.5 Å². The number of ether oxygens (including phenoxy) is 2. The Morgan fingerprint density at radius 1 is 1.24 bits per heavy atom. The molecule has 0 unspecified atom stereocenters. The lowest BCUT2D eigenvalue weighted by atomic mass is 9.82. The summed E-state index contributed by atoms with van der Waals surface area (Å²) >= 11 is 0. The van der Waals surface area contributed by atoms with Gasteiger partial charge in [0.05, 0.1) is 25.8 Å². The fraction of sp³-hybridized carbons (Fsp3) is 0.440. The Balaban J connectivity index is 1.70. The van der Waals surface area contributed by atoms with Gasteiger partial charge in [0, 0.05) is 38.2 Å². The smallest absolute Gasteiger partial charge is 0.309 e. The van der Waals surface area contributed by atoms with Crippen LogP contribution in [-0.2, 0) is 9.59 Å². The summed E-state index contributed by atoms with van der Waals surface area (Å²) in [6, 6.07) is 8.69. The molecule has 176 valence electrons. The monoisotopic (exact) mass is 454 g/mol. The molecule has 1 fully saturated rings. The third-order valence-electron chi connectivity index (χ3n) is 6.51. The zero-order valence-corrected chi connectivity index (χ0v) is 19.2. The number of furan rings is 1. The van der Waals surface area contributed by atoms with E-state index in [1.165, 1.54) is 0 Å². The second kappa shape index (κ2) is 9.70. The highest BCUT2D eigenvalue weighted by Crippen LogP contribution is 2.46. The first-order valence-corrected chi connectivity index (χ1v) is 11.2. The molecule has 1 aromatic carbocycles. The van der Waals surface area contributed by atoms with Crippen LogP contribution in [0.15, 0.2) is 46.6 Å². The van der Waals surface area contributed by atoms with Crippen LogP contribution in [0.25, 0.3) is 6.08 Å². The van der Waals surface area contributed by atoms with Crippen LogP contribution in [-0.4, -0.2) is 67.2 Å². The fourth-order valence-corrected chi connectivity index (χ4v) is 4.84. The number of carboxylic acids is 1. The van der Waals surface area contributed by atoms with Crippen LogP contribution in [0.4, 0.5) is 0 Å². The summed E-state index contributed by atoms with van der Waals surface area (Å²) < 4.78 is 16.6. The molecule has 1 saturated heterocycles. The molecule has 33 heavy (non-hydrogen) atoms. The zero-order chi connectivity index (χ0) is 23.5. The molecule has 0 saturated carbocycles. The average Bonchev–Trinajstić information content (AvgIpc) is 3.43. The molecule has 1 aromatic heterocycles. The Morgan fingerprint density at radius 3 is 2.67 bits per heavy atom. The molecule has 0 radical (unpaired) electrons. The molecule has 0 bridgehead atoms. The third kappa shape index (κ3) is 4.61. The summed E-state index contributed by atoms with van der Waals surface area (Å²) in [5, 5.41) is 10.3. The predicted octanol–water partition coefficient (Wildman–Crippen LogP) is 3.31. The van der Waals surface area contributed by atoms with Gasteiger partial charge in [0.2, 0.25) is 5.91 Å². The van der Waals surface area contributed by atoms with Gasteiger partial charge in [-0.15, -0.1) is 0 Å². The first-order valence-electron chi connectivity index (χ1n) is 11.2. The molecular formula is C25H30N2O6. The van der Waals surface area contributed by atoms with Crippen molar-refractivity contribution in [1.29, 1.82) is 0 Å². The second-order valence-corrected chi connectivity index (χ2v) is 8.59. The number of hydrogen-bond donors (Lipinski definition) is 1. The SMILES string of the molecule is CCCN(C)C(=O)CN1C[C@H](C2=Cc3occc3OC2)[C@H](C(=O)O)[C@H]1c1ccc(OC)cc1. The summed E-state index contributed by atoms with van der Waals surface area (Å²) in [5.74, 6) is -0.0429. The molecule has 8 heteroatoms. The topological polar surface area (TPSA) is 92.5 Å². The quantitative estimate of drug-likeness (QED) is 0.654. The molecule has 0 aliphatic carbocycles.